The van der Waals surface area contributed by atoms with Crippen LogP contribution in [0.4, 0.5) is 24.8 Å². The Kier molecular flexibility index (Phi) is 5.16. The van der Waals surface area contributed by atoms with Crippen molar-refractivity contribution < 1.29 is 13.2 Å². The van der Waals surface area contributed by atoms with E-state index in [-0.39, 0.29) is 23.2 Å². The summed E-state index contributed by atoms with van der Waals surface area (Å²) in [6.45, 7) is 3.98. The van der Waals surface area contributed by atoms with Crippen molar-refractivity contribution in [3.63, 3.8) is 0 Å². The minimum atomic E-state index is -4.43. The first-order chi connectivity index (χ1) is 12.8. The summed E-state index contributed by atoms with van der Waals surface area (Å²) in [5.41, 5.74) is -0.251. The van der Waals surface area contributed by atoms with Gasteiger partial charge in [-0.3, -0.25) is 9.36 Å². The molecule has 0 saturated carbocycles. The van der Waals surface area contributed by atoms with Gasteiger partial charge in [-0.05, 0) is 37.1 Å². The van der Waals surface area contributed by atoms with E-state index < -0.39 is 11.7 Å². The number of nitrogens with zero attached hydrogens (tertiary/aromatic N) is 3. The summed E-state index contributed by atoms with van der Waals surface area (Å²) in [4.78, 5) is 20.9. The SMILES string of the molecule is CCC(CC)n1c(=O)ccc2cnc(Nc3cccc(C(F)(F)F)c3)nc21. The smallest absolute Gasteiger partial charge is 0.324 e. The van der Waals surface area contributed by atoms with Crippen molar-refractivity contribution in [2.45, 2.75) is 38.9 Å². The van der Waals surface area contributed by atoms with Crippen LogP contribution < -0.4 is 10.9 Å². The molecule has 0 aliphatic carbocycles. The third kappa shape index (κ3) is 3.94. The molecule has 8 heteroatoms. The van der Waals surface area contributed by atoms with E-state index in [1.54, 1.807) is 16.8 Å². The number of benzene rings is 1. The molecular formula is C19H19F3N4O. The van der Waals surface area contributed by atoms with Crippen LogP contribution in [0.5, 0.6) is 0 Å². The lowest BCUT2D eigenvalue weighted by atomic mass is 10.1. The fraction of sp³-hybridized carbons (Fsp3) is 0.316. The van der Waals surface area contributed by atoms with Crippen LogP contribution in [0.1, 0.15) is 38.3 Å². The maximum atomic E-state index is 12.9. The van der Waals surface area contributed by atoms with Gasteiger partial charge in [-0.2, -0.15) is 18.2 Å². The highest BCUT2D eigenvalue weighted by molar-refractivity contribution is 5.75. The van der Waals surface area contributed by atoms with Gasteiger partial charge in [-0.1, -0.05) is 19.9 Å². The number of fused-ring (bicyclic) bond motifs is 1. The molecule has 0 unspecified atom stereocenters. The molecule has 1 N–H and O–H groups in total. The number of nitrogens with one attached hydrogen (secondary N) is 1. The summed E-state index contributed by atoms with van der Waals surface area (Å²) < 4.78 is 40.3. The van der Waals surface area contributed by atoms with E-state index in [1.165, 1.54) is 18.2 Å². The van der Waals surface area contributed by atoms with Crippen LogP contribution in [0.2, 0.25) is 0 Å². The average molecular weight is 376 g/mol. The van der Waals surface area contributed by atoms with Crippen molar-refractivity contribution in [1.82, 2.24) is 14.5 Å². The molecule has 0 aliphatic heterocycles. The monoisotopic (exact) mass is 376 g/mol. The van der Waals surface area contributed by atoms with Gasteiger partial charge in [0.05, 0.1) is 5.56 Å². The second-order valence-corrected chi connectivity index (χ2v) is 6.19. The number of alkyl halides is 3. The molecule has 0 bridgehead atoms. The highest BCUT2D eigenvalue weighted by Gasteiger charge is 2.30. The minimum Gasteiger partial charge on any atom is -0.324 e. The third-order valence-corrected chi connectivity index (χ3v) is 4.42. The quantitative estimate of drug-likeness (QED) is 0.687. The largest absolute Gasteiger partial charge is 0.416 e. The lowest BCUT2D eigenvalue weighted by molar-refractivity contribution is -0.137. The minimum absolute atomic E-state index is 0.0162. The average Bonchev–Trinajstić information content (AvgIpc) is 2.64. The van der Waals surface area contributed by atoms with E-state index in [0.717, 1.165) is 25.0 Å². The van der Waals surface area contributed by atoms with Gasteiger partial charge in [0.2, 0.25) is 5.95 Å². The Morgan fingerprint density at radius 1 is 1.15 bits per heavy atom. The summed E-state index contributed by atoms with van der Waals surface area (Å²) in [6.07, 6.45) is -1.36. The lowest BCUT2D eigenvalue weighted by Crippen LogP contribution is -2.24. The van der Waals surface area contributed by atoms with Crippen molar-refractivity contribution in [2.75, 3.05) is 5.32 Å². The molecule has 1 aromatic carbocycles. The number of rotatable bonds is 5. The molecule has 27 heavy (non-hydrogen) atoms. The number of aromatic nitrogens is 3. The topological polar surface area (TPSA) is 59.8 Å². The van der Waals surface area contributed by atoms with Gasteiger partial charge in [0, 0.05) is 29.4 Å². The number of hydrogen-bond donors (Lipinski definition) is 1. The maximum Gasteiger partial charge on any atom is 0.416 e. The summed E-state index contributed by atoms with van der Waals surface area (Å²) in [5, 5.41) is 3.48. The van der Waals surface area contributed by atoms with Crippen molar-refractivity contribution in [3.05, 3.63) is 58.5 Å². The standard InChI is InChI=1S/C19H19F3N4O/c1-3-15(4-2)26-16(27)9-8-12-11-23-18(25-17(12)26)24-14-7-5-6-13(10-14)19(20,21)22/h5-11,15H,3-4H2,1-2H3,(H,23,24,25). The molecule has 2 aromatic heterocycles. The van der Waals surface area contributed by atoms with Crippen LogP contribution in [0, 0.1) is 0 Å². The Labute approximate surface area is 153 Å². The fourth-order valence-electron chi connectivity index (χ4n) is 3.01. The molecule has 0 spiro atoms. The number of halogens is 3. The van der Waals surface area contributed by atoms with Gasteiger partial charge in [0.1, 0.15) is 5.65 Å². The van der Waals surface area contributed by atoms with Crippen LogP contribution in [0.25, 0.3) is 11.0 Å². The number of hydrogen-bond acceptors (Lipinski definition) is 4. The molecule has 0 saturated heterocycles. The Morgan fingerprint density at radius 3 is 2.56 bits per heavy atom. The van der Waals surface area contributed by atoms with Crippen LogP contribution in [0.15, 0.2) is 47.4 Å². The summed E-state index contributed by atoms with van der Waals surface area (Å²) in [6, 6.07) is 7.91. The van der Waals surface area contributed by atoms with Crippen LogP contribution >= 0.6 is 0 Å². The first-order valence-corrected chi connectivity index (χ1v) is 8.66. The van der Waals surface area contributed by atoms with E-state index in [4.69, 9.17) is 0 Å². The highest BCUT2D eigenvalue weighted by Crippen LogP contribution is 2.31. The van der Waals surface area contributed by atoms with Crippen LogP contribution in [-0.2, 0) is 6.18 Å². The molecule has 3 aromatic rings. The van der Waals surface area contributed by atoms with Crippen molar-refractivity contribution in [2.24, 2.45) is 0 Å². The zero-order valence-electron chi connectivity index (χ0n) is 14.9. The van der Waals surface area contributed by atoms with E-state index in [9.17, 15) is 18.0 Å². The van der Waals surface area contributed by atoms with E-state index in [0.29, 0.717) is 11.0 Å². The fourth-order valence-corrected chi connectivity index (χ4v) is 3.01. The summed E-state index contributed by atoms with van der Waals surface area (Å²) in [5.74, 6) is 0.132. The predicted octanol–water partition coefficient (Wildman–Crippen LogP) is 4.92. The molecule has 3 rings (SSSR count). The van der Waals surface area contributed by atoms with Gasteiger partial charge in [0.25, 0.3) is 5.56 Å². The summed E-state index contributed by atoms with van der Waals surface area (Å²) >= 11 is 0. The molecule has 142 valence electrons. The number of pyridine rings is 1. The van der Waals surface area contributed by atoms with Crippen molar-refractivity contribution in [3.8, 4) is 0 Å². The van der Waals surface area contributed by atoms with Gasteiger partial charge in [-0.15, -0.1) is 0 Å². The van der Waals surface area contributed by atoms with Crippen molar-refractivity contribution >= 4 is 22.7 Å². The predicted molar refractivity (Wildman–Crippen MR) is 98.1 cm³/mol. The molecule has 0 radical (unpaired) electrons. The van der Waals surface area contributed by atoms with Gasteiger partial charge in [-0.25, -0.2) is 4.98 Å². The Balaban J connectivity index is 2.04. The Hall–Kier alpha value is -2.90. The first kappa shape index (κ1) is 18.9. The first-order valence-electron chi connectivity index (χ1n) is 8.66. The van der Waals surface area contributed by atoms with Crippen LogP contribution in [0.3, 0.4) is 0 Å². The van der Waals surface area contributed by atoms with Gasteiger partial charge in [0.15, 0.2) is 0 Å². The van der Waals surface area contributed by atoms with Gasteiger partial charge >= 0.3 is 6.18 Å². The van der Waals surface area contributed by atoms with E-state index in [1.807, 2.05) is 13.8 Å². The second-order valence-electron chi connectivity index (χ2n) is 6.19. The Morgan fingerprint density at radius 2 is 1.89 bits per heavy atom. The Bertz CT molecular complexity index is 1010. The second kappa shape index (κ2) is 7.38. The molecule has 0 fully saturated rings. The van der Waals surface area contributed by atoms with E-state index >= 15 is 0 Å². The lowest BCUT2D eigenvalue weighted by Gasteiger charge is -2.18. The molecule has 5 nitrogen and oxygen atoms in total. The van der Waals surface area contributed by atoms with Crippen LogP contribution in [-0.4, -0.2) is 14.5 Å². The third-order valence-electron chi connectivity index (χ3n) is 4.42. The zero-order valence-corrected chi connectivity index (χ0v) is 14.9. The zero-order chi connectivity index (χ0) is 19.6. The maximum absolute atomic E-state index is 12.9. The molecule has 0 atom stereocenters. The molecular weight excluding hydrogens is 357 g/mol. The van der Waals surface area contributed by atoms with Crippen molar-refractivity contribution in [1.29, 1.82) is 0 Å². The normalized spacial score (nSPS) is 11.9. The molecule has 2 heterocycles. The molecule has 0 amide bonds. The summed E-state index contributed by atoms with van der Waals surface area (Å²) in [7, 11) is 0. The number of anilines is 2. The molecule has 0 aliphatic rings. The van der Waals surface area contributed by atoms with E-state index in [2.05, 4.69) is 15.3 Å². The highest BCUT2D eigenvalue weighted by atomic mass is 19.4. The van der Waals surface area contributed by atoms with Gasteiger partial charge < -0.3 is 5.32 Å².